The van der Waals surface area contributed by atoms with Gasteiger partial charge < -0.3 is 10.2 Å². The van der Waals surface area contributed by atoms with Crippen LogP contribution in [-0.4, -0.2) is 29.2 Å². The maximum absolute atomic E-state index is 10.8. The minimum atomic E-state index is -0.654. The summed E-state index contributed by atoms with van der Waals surface area (Å²) in [7, 11) is 0. The molecular formula is C12H13N3O3. The average Bonchev–Trinajstić information content (AvgIpc) is 2.79. The predicted molar refractivity (Wildman–Crippen MR) is 64.9 cm³/mol. The number of carbonyl (C=O) groups excluding carboxylic acids is 1. The summed E-state index contributed by atoms with van der Waals surface area (Å²) < 4.78 is 0. The van der Waals surface area contributed by atoms with Crippen molar-refractivity contribution in [1.29, 1.82) is 0 Å². The van der Waals surface area contributed by atoms with Crippen LogP contribution in [0.5, 0.6) is 0 Å². The van der Waals surface area contributed by atoms with Crippen LogP contribution in [0, 0.1) is 10.1 Å². The number of rotatable bonds is 4. The van der Waals surface area contributed by atoms with E-state index in [1.165, 1.54) is 0 Å². The lowest BCUT2D eigenvalue weighted by atomic mass is 10.2. The molecule has 0 radical (unpaired) electrons. The summed E-state index contributed by atoms with van der Waals surface area (Å²) in [4.78, 5) is 22.7. The van der Waals surface area contributed by atoms with Gasteiger partial charge in [0, 0.05) is 19.6 Å². The third-order valence-electron chi connectivity index (χ3n) is 2.76. The molecule has 0 aliphatic carbocycles. The molecule has 1 heterocycles. The van der Waals surface area contributed by atoms with Gasteiger partial charge in [-0.2, -0.15) is 0 Å². The first-order chi connectivity index (χ1) is 8.72. The SMILES string of the molecule is O=C/C(=C1\NCCN1Cc1ccccc1)[N+](=O)[O-]. The number of benzene rings is 1. The first kappa shape index (κ1) is 12.1. The normalized spacial score (nSPS) is 17.2. The molecular weight excluding hydrogens is 234 g/mol. The number of nitrogens with one attached hydrogen (secondary N) is 1. The number of carbonyl (C=O) groups is 1. The van der Waals surface area contributed by atoms with E-state index in [2.05, 4.69) is 5.32 Å². The van der Waals surface area contributed by atoms with Crippen LogP contribution in [0.25, 0.3) is 0 Å². The Labute approximate surface area is 104 Å². The summed E-state index contributed by atoms with van der Waals surface area (Å²) in [5.41, 5.74) is 0.635. The molecule has 6 nitrogen and oxygen atoms in total. The van der Waals surface area contributed by atoms with Crippen LogP contribution in [-0.2, 0) is 11.3 Å². The molecule has 0 unspecified atom stereocenters. The highest BCUT2D eigenvalue weighted by Gasteiger charge is 2.27. The topological polar surface area (TPSA) is 75.5 Å². The first-order valence-corrected chi connectivity index (χ1v) is 5.59. The minimum Gasteiger partial charge on any atom is -0.364 e. The largest absolute Gasteiger partial charge is 0.364 e. The molecule has 1 fully saturated rings. The van der Waals surface area contributed by atoms with Crippen LogP contribution < -0.4 is 5.32 Å². The summed E-state index contributed by atoms with van der Waals surface area (Å²) in [5, 5.41) is 13.7. The van der Waals surface area contributed by atoms with Crippen molar-refractivity contribution in [2.75, 3.05) is 13.1 Å². The van der Waals surface area contributed by atoms with E-state index in [4.69, 9.17) is 0 Å². The van der Waals surface area contributed by atoms with E-state index < -0.39 is 10.6 Å². The number of nitro groups is 1. The van der Waals surface area contributed by atoms with E-state index in [1.807, 2.05) is 35.2 Å². The van der Waals surface area contributed by atoms with Gasteiger partial charge in [0.2, 0.25) is 6.29 Å². The molecule has 94 valence electrons. The van der Waals surface area contributed by atoms with E-state index in [-0.39, 0.29) is 6.29 Å². The Kier molecular flexibility index (Phi) is 3.57. The van der Waals surface area contributed by atoms with Gasteiger partial charge in [0.25, 0.3) is 0 Å². The highest BCUT2D eigenvalue weighted by molar-refractivity contribution is 5.70. The minimum absolute atomic E-state index is 0.283. The zero-order valence-corrected chi connectivity index (χ0v) is 9.70. The van der Waals surface area contributed by atoms with Crippen molar-refractivity contribution in [2.45, 2.75) is 6.54 Å². The molecule has 0 spiro atoms. The van der Waals surface area contributed by atoms with Crippen molar-refractivity contribution >= 4 is 6.29 Å². The Bertz CT molecular complexity index is 485. The second-order valence-electron chi connectivity index (χ2n) is 3.94. The van der Waals surface area contributed by atoms with Gasteiger partial charge in [0.15, 0.2) is 5.82 Å². The quantitative estimate of drug-likeness (QED) is 0.367. The highest BCUT2D eigenvalue weighted by atomic mass is 16.6. The van der Waals surface area contributed by atoms with E-state index >= 15 is 0 Å². The van der Waals surface area contributed by atoms with E-state index in [0.717, 1.165) is 5.56 Å². The maximum atomic E-state index is 10.8. The van der Waals surface area contributed by atoms with Gasteiger partial charge in [-0.1, -0.05) is 30.3 Å². The molecule has 1 aliphatic heterocycles. The Morgan fingerprint density at radius 1 is 1.44 bits per heavy atom. The molecule has 0 bridgehead atoms. The number of aldehydes is 1. The number of nitrogens with zero attached hydrogens (tertiary/aromatic N) is 2. The maximum Gasteiger partial charge on any atom is 0.348 e. The van der Waals surface area contributed by atoms with Gasteiger partial charge in [0.1, 0.15) is 0 Å². The Hall–Kier alpha value is -2.37. The Balaban J connectivity index is 2.23. The lowest BCUT2D eigenvalue weighted by Crippen LogP contribution is -2.24. The fraction of sp³-hybridized carbons (Fsp3) is 0.250. The fourth-order valence-corrected chi connectivity index (χ4v) is 1.93. The van der Waals surface area contributed by atoms with E-state index in [9.17, 15) is 14.9 Å². The fourth-order valence-electron chi connectivity index (χ4n) is 1.93. The molecule has 1 N–H and O–H groups in total. The molecule has 0 atom stereocenters. The van der Waals surface area contributed by atoms with E-state index in [1.54, 1.807) is 0 Å². The summed E-state index contributed by atoms with van der Waals surface area (Å²) >= 11 is 0. The van der Waals surface area contributed by atoms with Crippen LogP contribution in [0.4, 0.5) is 0 Å². The third kappa shape index (κ3) is 2.48. The standard InChI is InChI=1S/C12H13N3O3/c16-9-11(15(17)18)12-13-6-7-14(12)8-10-4-2-1-3-5-10/h1-5,9,13H,6-8H2/b12-11-. The Morgan fingerprint density at radius 2 is 2.17 bits per heavy atom. The van der Waals surface area contributed by atoms with Crippen LogP contribution >= 0.6 is 0 Å². The molecule has 0 amide bonds. The van der Waals surface area contributed by atoms with Crippen molar-refractivity contribution in [3.63, 3.8) is 0 Å². The molecule has 1 saturated heterocycles. The van der Waals surface area contributed by atoms with Crippen molar-refractivity contribution in [1.82, 2.24) is 10.2 Å². The Morgan fingerprint density at radius 3 is 2.78 bits per heavy atom. The van der Waals surface area contributed by atoms with Crippen LogP contribution in [0.15, 0.2) is 41.8 Å². The van der Waals surface area contributed by atoms with Gasteiger partial charge in [-0.05, 0) is 5.56 Å². The summed E-state index contributed by atoms with van der Waals surface area (Å²) in [5.74, 6) is 0.304. The molecule has 0 saturated carbocycles. The third-order valence-corrected chi connectivity index (χ3v) is 2.76. The molecule has 1 aliphatic rings. The number of hydrogen-bond acceptors (Lipinski definition) is 5. The monoisotopic (exact) mass is 247 g/mol. The van der Waals surface area contributed by atoms with Gasteiger partial charge in [-0.15, -0.1) is 0 Å². The molecule has 6 heteroatoms. The number of hydrogen-bond donors (Lipinski definition) is 1. The lowest BCUT2D eigenvalue weighted by molar-refractivity contribution is -0.419. The van der Waals surface area contributed by atoms with Crippen LogP contribution in [0.1, 0.15) is 5.56 Å². The molecule has 1 aromatic carbocycles. The van der Waals surface area contributed by atoms with Gasteiger partial charge in [-0.25, -0.2) is 0 Å². The highest BCUT2D eigenvalue weighted by Crippen LogP contribution is 2.15. The van der Waals surface area contributed by atoms with Crippen molar-refractivity contribution < 1.29 is 9.72 Å². The van der Waals surface area contributed by atoms with E-state index in [0.29, 0.717) is 25.5 Å². The first-order valence-electron chi connectivity index (χ1n) is 5.59. The smallest absolute Gasteiger partial charge is 0.348 e. The summed E-state index contributed by atoms with van der Waals surface area (Å²) in [6.07, 6.45) is 0.283. The van der Waals surface area contributed by atoms with Gasteiger partial charge in [0.05, 0.1) is 4.92 Å². The zero-order chi connectivity index (χ0) is 13.0. The van der Waals surface area contributed by atoms with Gasteiger partial charge >= 0.3 is 5.70 Å². The molecule has 2 rings (SSSR count). The summed E-state index contributed by atoms with van der Waals surface area (Å²) in [6, 6.07) is 9.63. The zero-order valence-electron chi connectivity index (χ0n) is 9.70. The molecule has 0 aromatic heterocycles. The molecule has 18 heavy (non-hydrogen) atoms. The summed E-state index contributed by atoms with van der Waals surface area (Å²) in [6.45, 7) is 1.80. The average molecular weight is 247 g/mol. The molecule has 1 aromatic rings. The second-order valence-corrected chi connectivity index (χ2v) is 3.94. The predicted octanol–water partition coefficient (Wildman–Crippen LogP) is 0.736. The van der Waals surface area contributed by atoms with Gasteiger partial charge in [-0.3, -0.25) is 14.9 Å². The number of allylic oxidation sites excluding steroid dienone is 1. The lowest BCUT2D eigenvalue weighted by Gasteiger charge is -2.17. The van der Waals surface area contributed by atoms with Crippen molar-refractivity contribution in [3.05, 3.63) is 57.5 Å². The van der Waals surface area contributed by atoms with Crippen molar-refractivity contribution in [3.8, 4) is 0 Å². The van der Waals surface area contributed by atoms with Crippen LogP contribution in [0.3, 0.4) is 0 Å². The van der Waals surface area contributed by atoms with Crippen molar-refractivity contribution in [2.24, 2.45) is 0 Å². The second kappa shape index (κ2) is 5.31. The van der Waals surface area contributed by atoms with Crippen LogP contribution in [0.2, 0.25) is 0 Å².